The predicted octanol–water partition coefficient (Wildman–Crippen LogP) is 1.02. The van der Waals surface area contributed by atoms with Gasteiger partial charge in [0.1, 0.15) is 0 Å². The first kappa shape index (κ1) is 14.4. The molecule has 0 spiro atoms. The van der Waals surface area contributed by atoms with Crippen LogP contribution in [-0.2, 0) is 4.79 Å². The number of rotatable bonds is 2. The number of fused-ring (bicyclic) bond motifs is 1. The van der Waals surface area contributed by atoms with Crippen LogP contribution in [0.25, 0.3) is 10.8 Å². The smallest absolute Gasteiger partial charge is 0.423 e. The molecule has 2 rings (SSSR count). The van der Waals surface area contributed by atoms with Crippen molar-refractivity contribution in [2.24, 2.45) is 0 Å². The van der Waals surface area contributed by atoms with Crippen LogP contribution in [0.1, 0.15) is 0 Å². The monoisotopic (exact) mass is 283 g/mol. The molecule has 2 aromatic rings. The van der Waals surface area contributed by atoms with E-state index in [1.54, 1.807) is 23.5 Å². The number of anilines is 1. The van der Waals surface area contributed by atoms with Gasteiger partial charge in [0, 0.05) is 11.2 Å². The fourth-order valence-electron chi connectivity index (χ4n) is 1.88. The molecule has 4 nitrogen and oxygen atoms in total. The molecule has 0 aliphatic heterocycles. The molecule has 0 aliphatic carbocycles. The Labute approximate surface area is 112 Å². The molecule has 104 valence electrons. The fraction of sp³-hybridized carbons (Fsp3) is 0.0833. The first-order chi connectivity index (χ1) is 9.30. The summed E-state index contributed by atoms with van der Waals surface area (Å²) in [5.74, 6) is -2.17. The van der Waals surface area contributed by atoms with Gasteiger partial charge >= 0.3 is 19.2 Å². The lowest BCUT2D eigenvalue weighted by atomic mass is 9.75. The Morgan fingerprint density at radius 2 is 1.75 bits per heavy atom. The van der Waals surface area contributed by atoms with Crippen LogP contribution >= 0.6 is 0 Å². The molecule has 0 radical (unpaired) electrons. The number of hydrogen-bond donors (Lipinski definition) is 3. The van der Waals surface area contributed by atoms with Gasteiger partial charge in [0.2, 0.25) is 0 Å². The van der Waals surface area contributed by atoms with E-state index < -0.39 is 19.2 Å². The highest BCUT2D eigenvalue weighted by atomic mass is 19.4. The van der Waals surface area contributed by atoms with Crippen molar-refractivity contribution in [3.8, 4) is 0 Å². The molecule has 3 N–H and O–H groups in total. The minimum atomic E-state index is -5.05. The molecule has 0 bridgehead atoms. The minimum absolute atomic E-state index is 0.180. The summed E-state index contributed by atoms with van der Waals surface area (Å²) in [7, 11) is -2.01. The van der Waals surface area contributed by atoms with E-state index in [1.165, 1.54) is 18.2 Å². The maximum Gasteiger partial charge on any atom is 0.491 e. The van der Waals surface area contributed by atoms with Gasteiger partial charge in [0.25, 0.3) is 0 Å². The van der Waals surface area contributed by atoms with Gasteiger partial charge in [-0.2, -0.15) is 13.2 Å². The van der Waals surface area contributed by atoms with E-state index in [0.29, 0.717) is 10.8 Å². The lowest BCUT2D eigenvalue weighted by Gasteiger charge is -2.14. The molecule has 0 aliphatic rings. The van der Waals surface area contributed by atoms with Gasteiger partial charge < -0.3 is 15.4 Å². The van der Waals surface area contributed by atoms with Gasteiger partial charge in [-0.15, -0.1) is 0 Å². The summed E-state index contributed by atoms with van der Waals surface area (Å²) in [6.07, 6.45) is -5.05. The van der Waals surface area contributed by atoms with Crippen LogP contribution in [0.5, 0.6) is 0 Å². The zero-order valence-corrected chi connectivity index (χ0v) is 9.98. The van der Waals surface area contributed by atoms with Gasteiger partial charge in [0.05, 0.1) is 0 Å². The zero-order valence-electron chi connectivity index (χ0n) is 9.98. The second kappa shape index (κ2) is 5.14. The van der Waals surface area contributed by atoms with Crippen molar-refractivity contribution in [3.63, 3.8) is 0 Å². The third-order valence-corrected chi connectivity index (χ3v) is 2.73. The third-order valence-electron chi connectivity index (χ3n) is 2.73. The molecule has 0 saturated carbocycles. The van der Waals surface area contributed by atoms with E-state index in [0.717, 1.165) is 0 Å². The number of benzene rings is 2. The van der Waals surface area contributed by atoms with Gasteiger partial charge in [-0.1, -0.05) is 30.3 Å². The quantitative estimate of drug-likeness (QED) is 0.721. The molecule has 0 fully saturated rings. The number of amides is 1. The van der Waals surface area contributed by atoms with Crippen molar-refractivity contribution in [2.45, 2.75) is 6.18 Å². The summed E-state index contributed by atoms with van der Waals surface area (Å²) in [5, 5.41) is 21.3. The Hall–Kier alpha value is -2.06. The van der Waals surface area contributed by atoms with Crippen LogP contribution in [0.2, 0.25) is 0 Å². The van der Waals surface area contributed by atoms with Crippen LogP contribution in [-0.4, -0.2) is 29.2 Å². The Morgan fingerprint density at radius 1 is 1.10 bits per heavy atom. The van der Waals surface area contributed by atoms with Crippen molar-refractivity contribution in [3.05, 3.63) is 36.4 Å². The number of alkyl halides is 3. The largest absolute Gasteiger partial charge is 0.491 e. The van der Waals surface area contributed by atoms with E-state index >= 15 is 0 Å². The number of carbonyl (C=O) groups excluding carboxylic acids is 1. The van der Waals surface area contributed by atoms with Crippen LogP contribution < -0.4 is 10.8 Å². The fourth-order valence-corrected chi connectivity index (χ4v) is 1.88. The SMILES string of the molecule is O=C(Nc1ccc2ccccc2c1B(O)O)C(F)(F)F. The average molecular weight is 283 g/mol. The molecule has 8 heteroatoms. The number of halogens is 3. The Balaban J connectivity index is 2.54. The number of nitrogens with one attached hydrogen (secondary N) is 1. The highest BCUT2D eigenvalue weighted by Crippen LogP contribution is 2.21. The van der Waals surface area contributed by atoms with Crippen LogP contribution in [0.4, 0.5) is 18.9 Å². The van der Waals surface area contributed by atoms with Crippen molar-refractivity contribution in [1.82, 2.24) is 0 Å². The lowest BCUT2D eigenvalue weighted by molar-refractivity contribution is -0.167. The molecule has 0 atom stereocenters. The van der Waals surface area contributed by atoms with Crippen LogP contribution in [0, 0.1) is 0 Å². The van der Waals surface area contributed by atoms with Crippen LogP contribution in [0.3, 0.4) is 0 Å². The number of hydrogen-bond acceptors (Lipinski definition) is 3. The van der Waals surface area contributed by atoms with Crippen LogP contribution in [0.15, 0.2) is 36.4 Å². The van der Waals surface area contributed by atoms with Gasteiger partial charge in [0.15, 0.2) is 0 Å². The van der Waals surface area contributed by atoms with Gasteiger partial charge in [-0.05, 0) is 16.8 Å². The number of carbonyl (C=O) groups is 1. The maximum atomic E-state index is 12.2. The first-order valence-electron chi connectivity index (χ1n) is 5.56. The van der Waals surface area contributed by atoms with E-state index in [4.69, 9.17) is 0 Å². The first-order valence-corrected chi connectivity index (χ1v) is 5.56. The maximum absolute atomic E-state index is 12.2. The molecule has 0 unspecified atom stereocenters. The standard InChI is InChI=1S/C12H9BF3NO3/c14-12(15,16)11(18)17-9-6-5-7-3-1-2-4-8(7)10(9)13(19)20/h1-6,19-20H,(H,17,18). The van der Waals surface area contributed by atoms with Crippen molar-refractivity contribution < 1.29 is 28.0 Å². The molecule has 0 saturated heterocycles. The predicted molar refractivity (Wildman–Crippen MR) is 68.5 cm³/mol. The van der Waals surface area contributed by atoms with Crippen molar-refractivity contribution in [1.29, 1.82) is 0 Å². The molecule has 20 heavy (non-hydrogen) atoms. The summed E-state index contributed by atoms with van der Waals surface area (Å²) in [6.45, 7) is 0. The highest BCUT2D eigenvalue weighted by Gasteiger charge is 2.39. The average Bonchev–Trinajstić information content (AvgIpc) is 2.36. The molecule has 0 aromatic heterocycles. The summed E-state index contributed by atoms with van der Waals surface area (Å²) < 4.78 is 36.7. The molecule has 2 aromatic carbocycles. The molecule has 0 heterocycles. The Bertz CT molecular complexity index is 658. The molecular formula is C12H9BF3NO3. The normalized spacial score (nSPS) is 11.4. The Morgan fingerprint density at radius 3 is 2.35 bits per heavy atom. The topological polar surface area (TPSA) is 69.6 Å². The highest BCUT2D eigenvalue weighted by molar-refractivity contribution is 6.64. The van der Waals surface area contributed by atoms with Crippen molar-refractivity contribution >= 4 is 34.9 Å². The van der Waals surface area contributed by atoms with Crippen molar-refractivity contribution in [2.75, 3.05) is 5.32 Å². The van der Waals surface area contributed by atoms with E-state index in [9.17, 15) is 28.0 Å². The van der Waals surface area contributed by atoms with Gasteiger partial charge in [-0.3, -0.25) is 4.79 Å². The summed E-state index contributed by atoms with van der Waals surface area (Å²) in [5.41, 5.74) is -0.471. The summed E-state index contributed by atoms with van der Waals surface area (Å²) in [6, 6.07) is 9.16. The van der Waals surface area contributed by atoms with E-state index in [1.807, 2.05) is 0 Å². The van der Waals surface area contributed by atoms with E-state index in [2.05, 4.69) is 0 Å². The minimum Gasteiger partial charge on any atom is -0.423 e. The second-order valence-corrected chi connectivity index (χ2v) is 4.07. The third kappa shape index (κ3) is 2.76. The molecular weight excluding hydrogens is 274 g/mol. The molecule has 1 amide bonds. The summed E-state index contributed by atoms with van der Waals surface area (Å²) in [4.78, 5) is 10.9. The Kier molecular flexibility index (Phi) is 3.69. The van der Waals surface area contributed by atoms with E-state index in [-0.39, 0.29) is 11.2 Å². The second-order valence-electron chi connectivity index (χ2n) is 4.07. The zero-order chi connectivity index (χ0) is 14.9. The summed E-state index contributed by atoms with van der Waals surface area (Å²) >= 11 is 0. The lowest BCUT2D eigenvalue weighted by Crippen LogP contribution is -2.37. The van der Waals surface area contributed by atoms with Gasteiger partial charge in [-0.25, -0.2) is 0 Å².